The van der Waals surface area contributed by atoms with Crippen molar-refractivity contribution in [1.29, 1.82) is 0 Å². The Morgan fingerprint density at radius 2 is 1.58 bits per heavy atom. The zero-order chi connectivity index (χ0) is 52.0. The molecular weight excluding hydrogens is 927 g/mol. The quantitative estimate of drug-likeness (QED) is 0.0542. The molecular formula is C55H75N3O14. The standard InChI is InChI=1S/C55H75N3O14/c1-9-11-16-28-54(29-17-12-10-2)70-43-40-31-55(51(65)57(8)39(30-36-18-14-13-15-19-36)48(62)56-38(33-59)25-27-42(61)69-52(3,4)5)45(49(63)67-40)58(72-46(55)44(43)71-54)32-37-22-20-35(21-23-37)24-26-41(60)68-47-50(64)66-34-53(47,6)7/h13-15,18-24,26,38-40,43-47,59H,9-12,16-17,25,27-34H2,1-8H3,(H,56,62)/t38-,39+,40+,43-,44-,45-,46+,47-,55-/m0/s1. The SMILES string of the molecule is CCCCCC1(CCCCC)O[C@@H]2[C@H](O1)[C@H]1ON(Cc3ccc(C=CC(=O)O[C@H]4C(=O)OCC4(C)C)cc3)[C@H]3C(=O)O[C@@H]2C[C@@]13C(=O)N(C)[C@H](Cc1ccccc1)C(=O)N[C@H](CO)CCC(=O)OC(C)(C)C. The van der Waals surface area contributed by atoms with E-state index in [1.54, 1.807) is 59.9 Å². The highest BCUT2D eigenvalue weighted by molar-refractivity contribution is 5.96. The number of aliphatic hydroxyl groups is 1. The van der Waals surface area contributed by atoms with Crippen LogP contribution in [0.3, 0.4) is 0 Å². The van der Waals surface area contributed by atoms with Crippen LogP contribution >= 0.6 is 0 Å². The van der Waals surface area contributed by atoms with E-state index >= 15 is 4.79 Å². The monoisotopic (exact) mass is 1000 g/mol. The van der Waals surface area contributed by atoms with Crippen LogP contribution in [0.4, 0.5) is 0 Å². The van der Waals surface area contributed by atoms with Crippen molar-refractivity contribution in [3.05, 3.63) is 77.4 Å². The zero-order valence-corrected chi connectivity index (χ0v) is 43.2. The third-order valence-corrected chi connectivity index (χ3v) is 14.5. The molecule has 0 radical (unpaired) electrons. The lowest BCUT2D eigenvalue weighted by atomic mass is 9.62. The Hall–Kier alpha value is -5.20. The molecule has 0 aromatic heterocycles. The number of esters is 4. The van der Waals surface area contributed by atoms with Crippen LogP contribution < -0.4 is 5.32 Å². The van der Waals surface area contributed by atoms with Gasteiger partial charge in [-0.2, -0.15) is 5.06 Å². The van der Waals surface area contributed by atoms with Gasteiger partial charge in [-0.3, -0.25) is 24.0 Å². The van der Waals surface area contributed by atoms with Gasteiger partial charge in [-0.05, 0) is 62.8 Å². The molecule has 17 heteroatoms. The van der Waals surface area contributed by atoms with Gasteiger partial charge in [0.2, 0.25) is 17.9 Å². The summed E-state index contributed by atoms with van der Waals surface area (Å²) < 4.78 is 36.4. The number of hydrogen-bond acceptors (Lipinski definition) is 15. The fraction of sp³-hybridized carbons (Fsp3) is 0.636. The van der Waals surface area contributed by atoms with Crippen molar-refractivity contribution in [3.8, 4) is 0 Å². The Bertz CT molecular complexity index is 2270. The van der Waals surface area contributed by atoms with Gasteiger partial charge in [0, 0.05) is 50.6 Å². The molecule has 2 aromatic carbocycles. The molecule has 7 rings (SSSR count). The number of cyclic esters (lactones) is 1. The van der Waals surface area contributed by atoms with Gasteiger partial charge in [0.1, 0.15) is 48.1 Å². The van der Waals surface area contributed by atoms with Gasteiger partial charge in [0.15, 0.2) is 11.8 Å². The lowest BCUT2D eigenvalue weighted by Crippen LogP contribution is -2.70. The number of rotatable bonds is 23. The molecule has 17 nitrogen and oxygen atoms in total. The van der Waals surface area contributed by atoms with Crippen LogP contribution in [0.25, 0.3) is 6.08 Å². The van der Waals surface area contributed by atoms with Crippen LogP contribution in [0.2, 0.25) is 0 Å². The van der Waals surface area contributed by atoms with Gasteiger partial charge < -0.3 is 43.7 Å². The number of unbranched alkanes of at least 4 members (excludes halogenated alkanes) is 4. The van der Waals surface area contributed by atoms with E-state index < -0.39 is 113 Å². The predicted octanol–water partition coefficient (Wildman–Crippen LogP) is 6.30. The Labute approximate surface area is 423 Å². The van der Waals surface area contributed by atoms with Crippen LogP contribution in [-0.2, 0) is 75.0 Å². The lowest BCUT2D eigenvalue weighted by Gasteiger charge is -2.50. The first kappa shape index (κ1) is 54.6. The van der Waals surface area contributed by atoms with Gasteiger partial charge in [-0.25, -0.2) is 9.59 Å². The Kier molecular flexibility index (Phi) is 17.4. The van der Waals surface area contributed by atoms with E-state index in [-0.39, 0.29) is 38.8 Å². The number of benzene rings is 2. The fourth-order valence-corrected chi connectivity index (χ4v) is 10.7. The summed E-state index contributed by atoms with van der Waals surface area (Å²) in [6, 6.07) is 13.2. The zero-order valence-electron chi connectivity index (χ0n) is 43.2. The number of amides is 2. The average Bonchev–Trinajstić information content (AvgIpc) is 3.98. The minimum atomic E-state index is -1.60. The molecule has 5 fully saturated rings. The summed E-state index contributed by atoms with van der Waals surface area (Å²) >= 11 is 0. The number of nitrogens with zero attached hydrogens (tertiary/aromatic N) is 2. The normalized spacial score (nSPS) is 26.8. The van der Waals surface area contributed by atoms with Gasteiger partial charge >= 0.3 is 23.9 Å². The second-order valence-corrected chi connectivity index (χ2v) is 21.8. The van der Waals surface area contributed by atoms with Gasteiger partial charge in [0.05, 0.1) is 19.2 Å². The van der Waals surface area contributed by atoms with Crippen molar-refractivity contribution in [1.82, 2.24) is 15.3 Å². The van der Waals surface area contributed by atoms with Crippen LogP contribution in [0, 0.1) is 10.8 Å². The van der Waals surface area contributed by atoms with Crippen molar-refractivity contribution in [2.45, 2.75) is 192 Å². The highest BCUT2D eigenvalue weighted by Crippen LogP contribution is 2.58. The summed E-state index contributed by atoms with van der Waals surface area (Å²) in [6.45, 7) is 12.9. The predicted molar refractivity (Wildman–Crippen MR) is 263 cm³/mol. The summed E-state index contributed by atoms with van der Waals surface area (Å²) in [6.07, 6.45) is 5.39. The van der Waals surface area contributed by atoms with Crippen molar-refractivity contribution >= 4 is 41.8 Å². The summed E-state index contributed by atoms with van der Waals surface area (Å²) in [7, 11) is 1.55. The third kappa shape index (κ3) is 12.2. The first-order chi connectivity index (χ1) is 34.2. The molecule has 1 aliphatic carbocycles. The van der Waals surface area contributed by atoms with Crippen molar-refractivity contribution in [2.24, 2.45) is 10.8 Å². The summed E-state index contributed by atoms with van der Waals surface area (Å²) in [5.41, 5.74) is -0.828. The minimum Gasteiger partial charge on any atom is -0.462 e. The van der Waals surface area contributed by atoms with Crippen molar-refractivity contribution in [2.75, 3.05) is 20.3 Å². The number of carbonyl (C=O) groups excluding carboxylic acids is 6. The van der Waals surface area contributed by atoms with E-state index in [4.69, 9.17) is 33.3 Å². The summed E-state index contributed by atoms with van der Waals surface area (Å²) in [5.74, 6) is -4.46. The second-order valence-electron chi connectivity index (χ2n) is 21.8. The molecule has 72 heavy (non-hydrogen) atoms. The first-order valence-corrected chi connectivity index (χ1v) is 25.8. The summed E-state index contributed by atoms with van der Waals surface area (Å²) in [5, 5.41) is 14.8. The number of nitrogens with one attached hydrogen (secondary N) is 1. The molecule has 1 saturated carbocycles. The van der Waals surface area contributed by atoms with Crippen LogP contribution in [0.15, 0.2) is 60.7 Å². The van der Waals surface area contributed by atoms with Crippen LogP contribution in [0.1, 0.15) is 136 Å². The van der Waals surface area contributed by atoms with Gasteiger partial charge in [-0.15, -0.1) is 0 Å². The molecule has 4 saturated heterocycles. The smallest absolute Gasteiger partial charge is 0.348 e. The third-order valence-electron chi connectivity index (χ3n) is 14.5. The van der Waals surface area contributed by atoms with Crippen LogP contribution in [0.5, 0.6) is 0 Å². The van der Waals surface area contributed by atoms with E-state index in [2.05, 4.69) is 19.2 Å². The molecule has 4 aliphatic heterocycles. The molecule has 0 spiro atoms. The Morgan fingerprint density at radius 1 is 0.917 bits per heavy atom. The maximum absolute atomic E-state index is 15.9. The topological polar surface area (TPSA) is 206 Å². The summed E-state index contributed by atoms with van der Waals surface area (Å²) in [4.78, 5) is 91.2. The number of ether oxygens (including phenoxy) is 6. The van der Waals surface area contributed by atoms with E-state index in [0.717, 1.165) is 44.1 Å². The molecule has 9 atom stereocenters. The second kappa shape index (κ2) is 22.9. The molecule has 5 aliphatic rings. The average molecular weight is 1000 g/mol. The maximum Gasteiger partial charge on any atom is 0.348 e. The van der Waals surface area contributed by atoms with Gasteiger partial charge in [0.25, 0.3) is 0 Å². The number of carbonyl (C=O) groups is 6. The molecule has 4 heterocycles. The number of aliphatic hydroxyl groups excluding tert-OH is 1. The number of hydroxylamine groups is 2. The lowest BCUT2D eigenvalue weighted by molar-refractivity contribution is -0.225. The van der Waals surface area contributed by atoms with E-state index in [9.17, 15) is 29.1 Å². The highest BCUT2D eigenvalue weighted by atomic mass is 16.8. The largest absolute Gasteiger partial charge is 0.462 e. The Morgan fingerprint density at radius 3 is 2.19 bits per heavy atom. The molecule has 0 unspecified atom stereocenters. The van der Waals surface area contributed by atoms with Crippen LogP contribution in [-0.4, -0.2) is 131 Å². The van der Waals surface area contributed by atoms with E-state index in [1.165, 1.54) is 16.0 Å². The number of fused-ring (bicyclic) bond motifs is 4. The van der Waals surface area contributed by atoms with Crippen molar-refractivity contribution < 1.29 is 67.1 Å². The maximum atomic E-state index is 15.9. The highest BCUT2D eigenvalue weighted by Gasteiger charge is 2.77. The van der Waals surface area contributed by atoms with Crippen molar-refractivity contribution in [3.63, 3.8) is 0 Å². The van der Waals surface area contributed by atoms with E-state index in [0.29, 0.717) is 24.0 Å². The number of likely N-dealkylation sites (N-methyl/N-ethyl adjacent to an activating group) is 1. The molecule has 394 valence electrons. The minimum absolute atomic E-state index is 0.0443. The van der Waals surface area contributed by atoms with E-state index in [1.807, 2.05) is 42.5 Å². The van der Waals surface area contributed by atoms with Gasteiger partial charge in [-0.1, -0.05) is 108 Å². The molecule has 2 bridgehead atoms. The molecule has 2 amide bonds. The first-order valence-electron chi connectivity index (χ1n) is 25.8. The number of hydrogen-bond donors (Lipinski definition) is 2. The molecule has 2 aromatic rings. The Balaban J connectivity index is 1.19. The molecule has 2 N–H and O–H groups in total. The fourth-order valence-electron chi connectivity index (χ4n) is 10.7.